The van der Waals surface area contributed by atoms with Crippen molar-refractivity contribution in [3.8, 4) is 0 Å². The van der Waals surface area contributed by atoms with Gasteiger partial charge >= 0.3 is 0 Å². The molecular weight excluding hydrogens is 396 g/mol. The van der Waals surface area contributed by atoms with E-state index in [1.54, 1.807) is 0 Å². The maximum absolute atomic E-state index is 12.6. The Bertz CT molecular complexity index is 1100. The van der Waals surface area contributed by atoms with Gasteiger partial charge in [-0.3, -0.25) is 14.5 Å². The van der Waals surface area contributed by atoms with E-state index in [0.29, 0.717) is 11.7 Å². The lowest BCUT2D eigenvalue weighted by Gasteiger charge is -2.27. The number of aryl methyl sites for hydroxylation is 1. The van der Waals surface area contributed by atoms with Gasteiger partial charge in [0, 0.05) is 31.7 Å². The van der Waals surface area contributed by atoms with E-state index in [-0.39, 0.29) is 17.2 Å². The first-order valence-corrected chi connectivity index (χ1v) is 10.9. The van der Waals surface area contributed by atoms with Crippen molar-refractivity contribution in [2.75, 3.05) is 17.6 Å². The van der Waals surface area contributed by atoms with E-state index in [9.17, 15) is 9.59 Å². The summed E-state index contributed by atoms with van der Waals surface area (Å²) in [5, 5.41) is 3.40. The molecule has 6 nitrogen and oxygen atoms in total. The summed E-state index contributed by atoms with van der Waals surface area (Å²) in [6.07, 6.45) is 0.731. The van der Waals surface area contributed by atoms with Crippen molar-refractivity contribution in [2.45, 2.75) is 31.6 Å². The lowest BCUT2D eigenvalue weighted by molar-refractivity contribution is -0.113. The molecule has 1 amide bonds. The van der Waals surface area contributed by atoms with Gasteiger partial charge in [0.25, 0.3) is 5.56 Å². The molecule has 0 radical (unpaired) electrons. The normalized spacial score (nSPS) is 13.6. The quantitative estimate of drug-likeness (QED) is 0.472. The summed E-state index contributed by atoms with van der Waals surface area (Å²) in [7, 11) is 0. The predicted molar refractivity (Wildman–Crippen MR) is 120 cm³/mol. The van der Waals surface area contributed by atoms with Crippen LogP contribution in [0.4, 0.5) is 5.69 Å². The van der Waals surface area contributed by atoms with E-state index in [2.05, 4.69) is 32.3 Å². The number of amides is 1. The smallest absolute Gasteiger partial charge is 0.256 e. The molecule has 2 N–H and O–H groups in total. The molecule has 1 aliphatic rings. The number of carbonyl (C=O) groups is 1. The molecule has 0 bridgehead atoms. The van der Waals surface area contributed by atoms with Gasteiger partial charge in [-0.25, -0.2) is 4.98 Å². The van der Waals surface area contributed by atoms with Crippen LogP contribution in [0.5, 0.6) is 0 Å². The van der Waals surface area contributed by atoms with Gasteiger partial charge in [0.15, 0.2) is 5.16 Å². The molecule has 0 atom stereocenters. The molecule has 2 aromatic carbocycles. The molecule has 0 spiro atoms. The van der Waals surface area contributed by atoms with Crippen molar-refractivity contribution in [1.29, 1.82) is 0 Å². The summed E-state index contributed by atoms with van der Waals surface area (Å²) < 4.78 is 0. The molecule has 2 heterocycles. The van der Waals surface area contributed by atoms with Crippen LogP contribution < -0.4 is 10.9 Å². The van der Waals surface area contributed by atoms with Gasteiger partial charge in [0.05, 0.1) is 17.0 Å². The van der Waals surface area contributed by atoms with E-state index in [4.69, 9.17) is 0 Å². The molecule has 30 heavy (non-hydrogen) atoms. The first-order chi connectivity index (χ1) is 14.6. The van der Waals surface area contributed by atoms with Gasteiger partial charge in [-0.15, -0.1) is 0 Å². The minimum atomic E-state index is -0.122. The van der Waals surface area contributed by atoms with Gasteiger partial charge in [-0.05, 0) is 24.1 Å². The summed E-state index contributed by atoms with van der Waals surface area (Å²) in [5.74, 6) is 0.0691. The molecular formula is C23H24N4O2S. The molecule has 0 unspecified atom stereocenters. The summed E-state index contributed by atoms with van der Waals surface area (Å²) in [6, 6.07) is 17.9. The van der Waals surface area contributed by atoms with Crippen LogP contribution in [0.1, 0.15) is 22.4 Å². The Balaban J connectivity index is 1.38. The van der Waals surface area contributed by atoms with Crippen LogP contribution in [0.3, 0.4) is 0 Å². The fraction of sp³-hybridized carbons (Fsp3) is 0.261. The fourth-order valence-electron chi connectivity index (χ4n) is 3.54. The van der Waals surface area contributed by atoms with E-state index < -0.39 is 0 Å². The first-order valence-electron chi connectivity index (χ1n) is 9.95. The Morgan fingerprint density at radius 3 is 2.73 bits per heavy atom. The number of aromatic nitrogens is 2. The highest BCUT2D eigenvalue weighted by molar-refractivity contribution is 7.99. The fourth-order valence-corrected chi connectivity index (χ4v) is 4.22. The monoisotopic (exact) mass is 420 g/mol. The minimum Gasteiger partial charge on any atom is -0.325 e. The van der Waals surface area contributed by atoms with E-state index in [1.807, 2.05) is 49.4 Å². The second kappa shape index (κ2) is 9.28. The number of benzene rings is 2. The second-order valence-corrected chi connectivity index (χ2v) is 8.36. The highest BCUT2D eigenvalue weighted by Gasteiger charge is 2.21. The Labute approximate surface area is 179 Å². The minimum absolute atomic E-state index is 0.112. The number of nitrogens with zero attached hydrogens (tertiary/aromatic N) is 2. The lowest BCUT2D eigenvalue weighted by atomic mass is 10.1. The second-order valence-electron chi connectivity index (χ2n) is 7.39. The lowest BCUT2D eigenvalue weighted by Crippen LogP contribution is -2.35. The van der Waals surface area contributed by atoms with Gasteiger partial charge in [-0.2, -0.15) is 0 Å². The third kappa shape index (κ3) is 4.98. The number of anilines is 1. The van der Waals surface area contributed by atoms with Crippen molar-refractivity contribution in [1.82, 2.24) is 14.9 Å². The van der Waals surface area contributed by atoms with E-state index in [0.717, 1.165) is 42.0 Å². The average Bonchev–Trinajstić information content (AvgIpc) is 2.75. The first kappa shape index (κ1) is 20.4. The topological polar surface area (TPSA) is 78.1 Å². The number of rotatable bonds is 6. The van der Waals surface area contributed by atoms with Crippen LogP contribution in [0.25, 0.3) is 0 Å². The number of para-hydroxylation sites is 1. The zero-order chi connectivity index (χ0) is 20.9. The number of hydrogen-bond acceptors (Lipinski definition) is 5. The maximum atomic E-state index is 12.6. The zero-order valence-electron chi connectivity index (χ0n) is 16.9. The van der Waals surface area contributed by atoms with Gasteiger partial charge in [0.1, 0.15) is 0 Å². The Morgan fingerprint density at radius 2 is 1.93 bits per heavy atom. The number of aromatic amines is 1. The largest absolute Gasteiger partial charge is 0.325 e. The molecule has 0 aliphatic carbocycles. The number of fused-ring (bicyclic) bond motifs is 1. The Kier molecular flexibility index (Phi) is 6.30. The van der Waals surface area contributed by atoms with Crippen molar-refractivity contribution >= 4 is 23.4 Å². The van der Waals surface area contributed by atoms with Crippen LogP contribution in [-0.2, 0) is 24.3 Å². The Hall–Kier alpha value is -2.90. The number of carbonyl (C=O) groups excluding carboxylic acids is 1. The number of thioether (sulfide) groups is 1. The molecule has 0 fully saturated rings. The molecule has 4 rings (SSSR count). The molecule has 154 valence electrons. The summed E-state index contributed by atoms with van der Waals surface area (Å²) in [4.78, 5) is 34.6. The van der Waals surface area contributed by atoms with E-state index >= 15 is 0 Å². The van der Waals surface area contributed by atoms with Gasteiger partial charge < -0.3 is 10.3 Å². The number of nitrogens with one attached hydrogen (secondary N) is 2. The van der Waals surface area contributed by atoms with E-state index in [1.165, 1.54) is 17.3 Å². The zero-order valence-corrected chi connectivity index (χ0v) is 17.7. The van der Waals surface area contributed by atoms with Crippen LogP contribution in [0.2, 0.25) is 0 Å². The highest BCUT2D eigenvalue weighted by Crippen LogP contribution is 2.20. The standard InChI is InChI=1S/C23H24N4O2S/c1-16-7-5-6-10-19(16)24-21(28)15-30-23-25-20-11-12-27(14-18(20)22(29)26-23)13-17-8-3-2-4-9-17/h2-10H,11-15H2,1H3,(H,24,28)(H,25,26,29). The third-order valence-electron chi connectivity index (χ3n) is 5.13. The number of hydrogen-bond donors (Lipinski definition) is 2. The van der Waals surface area contributed by atoms with Gasteiger partial charge in [0.2, 0.25) is 5.91 Å². The highest BCUT2D eigenvalue weighted by atomic mass is 32.2. The SMILES string of the molecule is Cc1ccccc1NC(=O)CSc1nc2c(c(=O)[nH]1)CN(Cc1ccccc1)CC2. The molecule has 3 aromatic rings. The Morgan fingerprint density at radius 1 is 1.17 bits per heavy atom. The molecule has 7 heteroatoms. The molecule has 0 saturated heterocycles. The predicted octanol–water partition coefficient (Wildman–Crippen LogP) is 3.37. The van der Waals surface area contributed by atoms with Crippen molar-refractivity contribution in [2.24, 2.45) is 0 Å². The summed E-state index contributed by atoms with van der Waals surface area (Å²) in [6.45, 7) is 4.21. The molecule has 1 aliphatic heterocycles. The van der Waals surface area contributed by atoms with Crippen molar-refractivity contribution in [3.05, 3.63) is 87.3 Å². The number of H-pyrrole nitrogens is 1. The average molecular weight is 421 g/mol. The van der Waals surface area contributed by atoms with Crippen LogP contribution in [0.15, 0.2) is 64.5 Å². The molecule has 1 aromatic heterocycles. The van der Waals surface area contributed by atoms with Crippen molar-refractivity contribution in [3.63, 3.8) is 0 Å². The summed E-state index contributed by atoms with van der Waals surface area (Å²) >= 11 is 1.25. The van der Waals surface area contributed by atoms with Crippen LogP contribution in [0, 0.1) is 6.92 Å². The van der Waals surface area contributed by atoms with Gasteiger partial charge in [-0.1, -0.05) is 60.3 Å². The van der Waals surface area contributed by atoms with Crippen molar-refractivity contribution < 1.29 is 4.79 Å². The molecule has 0 saturated carbocycles. The maximum Gasteiger partial charge on any atom is 0.256 e. The van der Waals surface area contributed by atoms with Crippen LogP contribution in [-0.4, -0.2) is 33.1 Å². The summed E-state index contributed by atoms with van der Waals surface area (Å²) in [5.41, 5.74) is 4.50. The third-order valence-corrected chi connectivity index (χ3v) is 6.01. The van der Waals surface area contributed by atoms with Crippen LogP contribution >= 0.6 is 11.8 Å².